The first-order valence-corrected chi connectivity index (χ1v) is 5.40. The van der Waals surface area contributed by atoms with Crippen molar-refractivity contribution < 1.29 is 9.15 Å². The molecule has 15 heavy (non-hydrogen) atoms. The summed E-state index contributed by atoms with van der Waals surface area (Å²) < 4.78 is 10.7. The van der Waals surface area contributed by atoms with Gasteiger partial charge in [-0.15, -0.1) is 0 Å². The maximum atomic E-state index is 5.50. The SMILES string of the molecule is CC(C)(C)Oc1nc(CNC2CC2)co1. The highest BCUT2D eigenvalue weighted by Crippen LogP contribution is 2.20. The van der Waals surface area contributed by atoms with Crippen molar-refractivity contribution in [2.45, 2.75) is 51.8 Å². The van der Waals surface area contributed by atoms with E-state index in [9.17, 15) is 0 Å². The Bertz CT molecular complexity index is 324. The van der Waals surface area contributed by atoms with Crippen molar-refractivity contribution in [3.8, 4) is 6.08 Å². The van der Waals surface area contributed by atoms with Crippen LogP contribution in [0.5, 0.6) is 6.08 Å². The molecule has 0 aliphatic heterocycles. The molecular weight excluding hydrogens is 192 g/mol. The summed E-state index contributed by atoms with van der Waals surface area (Å²) in [7, 11) is 0. The van der Waals surface area contributed by atoms with E-state index >= 15 is 0 Å². The van der Waals surface area contributed by atoms with Gasteiger partial charge in [-0.2, -0.15) is 4.98 Å². The molecule has 1 aromatic heterocycles. The Labute approximate surface area is 90.0 Å². The van der Waals surface area contributed by atoms with Crippen LogP contribution in [0.15, 0.2) is 10.7 Å². The number of ether oxygens (including phenoxy) is 1. The van der Waals surface area contributed by atoms with Crippen LogP contribution in [0.4, 0.5) is 0 Å². The van der Waals surface area contributed by atoms with Crippen molar-refractivity contribution in [2.75, 3.05) is 0 Å². The van der Waals surface area contributed by atoms with Crippen molar-refractivity contribution in [3.05, 3.63) is 12.0 Å². The molecule has 4 heteroatoms. The monoisotopic (exact) mass is 210 g/mol. The minimum absolute atomic E-state index is 0.258. The predicted molar refractivity (Wildman–Crippen MR) is 56.7 cm³/mol. The summed E-state index contributed by atoms with van der Waals surface area (Å²) >= 11 is 0. The van der Waals surface area contributed by atoms with Gasteiger partial charge in [0.25, 0.3) is 0 Å². The number of aromatic nitrogens is 1. The molecule has 0 amide bonds. The topological polar surface area (TPSA) is 47.3 Å². The summed E-state index contributed by atoms with van der Waals surface area (Å²) in [6, 6.07) is 0.689. The van der Waals surface area contributed by atoms with E-state index < -0.39 is 0 Å². The van der Waals surface area contributed by atoms with Crippen LogP contribution in [-0.2, 0) is 6.54 Å². The lowest BCUT2D eigenvalue weighted by Crippen LogP contribution is -2.23. The van der Waals surface area contributed by atoms with E-state index in [1.54, 1.807) is 6.26 Å². The molecule has 0 atom stereocenters. The smallest absolute Gasteiger partial charge is 0.394 e. The summed E-state index contributed by atoms with van der Waals surface area (Å²) in [5.74, 6) is 0. The number of oxazole rings is 1. The van der Waals surface area contributed by atoms with Crippen LogP contribution in [-0.4, -0.2) is 16.6 Å². The van der Waals surface area contributed by atoms with Crippen LogP contribution in [0.3, 0.4) is 0 Å². The second-order valence-electron chi connectivity index (χ2n) is 4.97. The van der Waals surface area contributed by atoms with Gasteiger partial charge in [0.2, 0.25) is 0 Å². The Morgan fingerprint density at radius 2 is 2.27 bits per heavy atom. The Kier molecular flexibility index (Phi) is 2.69. The van der Waals surface area contributed by atoms with Crippen LogP contribution >= 0.6 is 0 Å². The van der Waals surface area contributed by atoms with Gasteiger partial charge in [-0.05, 0) is 33.6 Å². The largest absolute Gasteiger partial charge is 0.444 e. The summed E-state index contributed by atoms with van der Waals surface area (Å²) in [5.41, 5.74) is 0.646. The molecule has 1 fully saturated rings. The van der Waals surface area contributed by atoms with Gasteiger partial charge in [0.1, 0.15) is 11.9 Å². The quantitative estimate of drug-likeness (QED) is 0.826. The van der Waals surface area contributed by atoms with E-state index in [4.69, 9.17) is 9.15 Å². The molecule has 84 valence electrons. The van der Waals surface area contributed by atoms with Crippen LogP contribution in [0.25, 0.3) is 0 Å². The minimum atomic E-state index is -0.258. The molecule has 0 radical (unpaired) electrons. The minimum Gasteiger partial charge on any atom is -0.444 e. The zero-order valence-electron chi connectivity index (χ0n) is 9.54. The van der Waals surface area contributed by atoms with Crippen LogP contribution in [0.1, 0.15) is 39.3 Å². The lowest BCUT2D eigenvalue weighted by Gasteiger charge is -2.17. The maximum absolute atomic E-state index is 5.50. The third kappa shape index (κ3) is 3.55. The molecule has 0 spiro atoms. The number of rotatable bonds is 4. The van der Waals surface area contributed by atoms with Gasteiger partial charge in [0.05, 0.1) is 5.69 Å². The average Bonchev–Trinajstić information content (AvgIpc) is 2.83. The summed E-state index contributed by atoms with van der Waals surface area (Å²) in [4.78, 5) is 4.24. The van der Waals surface area contributed by atoms with Crippen molar-refractivity contribution in [2.24, 2.45) is 0 Å². The molecule has 1 aromatic rings. The Balaban J connectivity index is 1.85. The normalized spacial score (nSPS) is 16.7. The Morgan fingerprint density at radius 3 is 2.87 bits per heavy atom. The van der Waals surface area contributed by atoms with E-state index in [1.165, 1.54) is 12.8 Å². The van der Waals surface area contributed by atoms with Crippen molar-refractivity contribution in [3.63, 3.8) is 0 Å². The van der Waals surface area contributed by atoms with Crippen LogP contribution in [0.2, 0.25) is 0 Å². The number of hydrogen-bond donors (Lipinski definition) is 1. The zero-order valence-corrected chi connectivity index (χ0v) is 9.54. The second kappa shape index (κ2) is 3.85. The molecule has 1 aliphatic carbocycles. The van der Waals surface area contributed by atoms with E-state index in [0.29, 0.717) is 12.1 Å². The van der Waals surface area contributed by atoms with Crippen molar-refractivity contribution in [1.29, 1.82) is 0 Å². The lowest BCUT2D eigenvalue weighted by molar-refractivity contribution is 0.0873. The van der Waals surface area contributed by atoms with E-state index in [-0.39, 0.29) is 5.60 Å². The van der Waals surface area contributed by atoms with Gasteiger partial charge in [0.15, 0.2) is 0 Å². The Hall–Kier alpha value is -1.03. The molecule has 1 saturated carbocycles. The molecule has 1 aliphatic rings. The molecule has 0 saturated heterocycles. The molecule has 0 unspecified atom stereocenters. The van der Waals surface area contributed by atoms with E-state index in [1.807, 2.05) is 20.8 Å². The number of nitrogens with zero attached hydrogens (tertiary/aromatic N) is 1. The highest BCUT2D eigenvalue weighted by molar-refractivity contribution is 5.01. The summed E-state index contributed by atoms with van der Waals surface area (Å²) in [6.45, 7) is 6.68. The first-order chi connectivity index (χ1) is 7.03. The van der Waals surface area contributed by atoms with Gasteiger partial charge in [-0.1, -0.05) is 0 Å². The fourth-order valence-corrected chi connectivity index (χ4v) is 1.21. The summed E-state index contributed by atoms with van der Waals surface area (Å²) in [5, 5.41) is 3.37. The average molecular weight is 210 g/mol. The highest BCUT2D eigenvalue weighted by atomic mass is 16.6. The standard InChI is InChI=1S/C11H18N2O2/c1-11(2,3)15-10-13-9(7-14-10)6-12-8-4-5-8/h7-8,12H,4-6H2,1-3H3. The lowest BCUT2D eigenvalue weighted by atomic mass is 10.2. The third-order valence-corrected chi connectivity index (χ3v) is 2.07. The Morgan fingerprint density at radius 1 is 1.53 bits per heavy atom. The zero-order chi connectivity index (χ0) is 10.9. The molecular formula is C11H18N2O2. The van der Waals surface area contributed by atoms with Crippen LogP contribution < -0.4 is 10.1 Å². The molecule has 4 nitrogen and oxygen atoms in total. The molecule has 0 bridgehead atoms. The van der Waals surface area contributed by atoms with E-state index in [0.717, 1.165) is 12.2 Å². The highest BCUT2D eigenvalue weighted by Gasteiger charge is 2.21. The van der Waals surface area contributed by atoms with Gasteiger partial charge < -0.3 is 14.5 Å². The fraction of sp³-hybridized carbons (Fsp3) is 0.727. The third-order valence-electron chi connectivity index (χ3n) is 2.07. The first kappa shape index (κ1) is 10.5. The molecule has 0 aromatic carbocycles. The summed E-state index contributed by atoms with van der Waals surface area (Å²) in [6.07, 6.45) is 4.57. The van der Waals surface area contributed by atoms with Crippen LogP contribution in [0, 0.1) is 0 Å². The van der Waals surface area contributed by atoms with Crippen molar-refractivity contribution in [1.82, 2.24) is 10.3 Å². The second-order valence-corrected chi connectivity index (χ2v) is 4.97. The molecule has 1 heterocycles. The van der Waals surface area contributed by atoms with Gasteiger partial charge >= 0.3 is 6.08 Å². The van der Waals surface area contributed by atoms with Crippen molar-refractivity contribution >= 4 is 0 Å². The predicted octanol–water partition coefficient (Wildman–Crippen LogP) is 2.10. The molecule has 2 rings (SSSR count). The van der Waals surface area contributed by atoms with Gasteiger partial charge in [-0.25, -0.2) is 0 Å². The maximum Gasteiger partial charge on any atom is 0.394 e. The van der Waals surface area contributed by atoms with E-state index in [2.05, 4.69) is 10.3 Å². The number of hydrogen-bond acceptors (Lipinski definition) is 4. The number of nitrogens with one attached hydrogen (secondary N) is 1. The fourth-order valence-electron chi connectivity index (χ4n) is 1.21. The van der Waals surface area contributed by atoms with Gasteiger partial charge in [-0.3, -0.25) is 0 Å². The van der Waals surface area contributed by atoms with Gasteiger partial charge in [0, 0.05) is 12.6 Å². The first-order valence-electron chi connectivity index (χ1n) is 5.40. The molecule has 1 N–H and O–H groups in total.